The first-order valence-corrected chi connectivity index (χ1v) is 9.72. The number of hydrogen-bond acceptors (Lipinski definition) is 5. The summed E-state index contributed by atoms with van der Waals surface area (Å²) in [6, 6.07) is 7.57. The molecule has 1 amide bonds. The van der Waals surface area contributed by atoms with Gasteiger partial charge in [-0.2, -0.15) is 0 Å². The van der Waals surface area contributed by atoms with Gasteiger partial charge in [-0.3, -0.25) is 9.10 Å². The van der Waals surface area contributed by atoms with Crippen LogP contribution in [-0.2, 0) is 14.8 Å². The third-order valence-corrected chi connectivity index (χ3v) is 4.81. The summed E-state index contributed by atoms with van der Waals surface area (Å²) in [5, 5.41) is 2.48. The molecule has 1 aliphatic rings. The van der Waals surface area contributed by atoms with Crippen LogP contribution < -0.4 is 19.1 Å². The van der Waals surface area contributed by atoms with E-state index >= 15 is 0 Å². The Balaban J connectivity index is 1.82. The van der Waals surface area contributed by atoms with Crippen molar-refractivity contribution in [3.05, 3.63) is 48.0 Å². The number of ether oxygens (including phenoxy) is 2. The highest BCUT2D eigenvalue weighted by molar-refractivity contribution is 7.92. The summed E-state index contributed by atoms with van der Waals surface area (Å²) < 4.78 is 63.1. The van der Waals surface area contributed by atoms with Crippen LogP contribution in [0, 0.1) is 11.6 Å². The minimum atomic E-state index is -4.12. The molecule has 2 aromatic carbocycles. The van der Waals surface area contributed by atoms with E-state index in [0.717, 1.165) is 24.5 Å². The monoisotopic (exact) mass is 398 g/mol. The van der Waals surface area contributed by atoms with E-state index in [1.54, 1.807) is 12.1 Å². The van der Waals surface area contributed by atoms with Gasteiger partial charge >= 0.3 is 0 Å². The summed E-state index contributed by atoms with van der Waals surface area (Å²) in [6.45, 7) is -0.0276. The molecule has 0 bridgehead atoms. The lowest BCUT2D eigenvalue weighted by Gasteiger charge is -2.23. The van der Waals surface area contributed by atoms with Crippen molar-refractivity contribution in [2.45, 2.75) is 0 Å². The number of carbonyl (C=O) groups is 1. The number of fused-ring (bicyclic) bond motifs is 1. The molecule has 7 nitrogen and oxygen atoms in total. The zero-order chi connectivity index (χ0) is 19.6. The van der Waals surface area contributed by atoms with Crippen LogP contribution in [-0.4, -0.2) is 40.3 Å². The third-order valence-electron chi connectivity index (χ3n) is 3.70. The summed E-state index contributed by atoms with van der Waals surface area (Å²) in [5.41, 5.74) is -0.482. The molecule has 0 unspecified atom stereocenters. The van der Waals surface area contributed by atoms with Gasteiger partial charge in [0.15, 0.2) is 23.1 Å². The van der Waals surface area contributed by atoms with Gasteiger partial charge in [-0.05, 0) is 24.3 Å². The number of carbonyl (C=O) groups excluding carboxylic acids is 1. The molecule has 1 heterocycles. The molecule has 0 saturated carbocycles. The predicted octanol–water partition coefficient (Wildman–Crippen LogP) is 2.14. The summed E-state index contributed by atoms with van der Waals surface area (Å²) in [5.74, 6) is -2.01. The lowest BCUT2D eigenvalue weighted by Crippen LogP contribution is -2.38. The second-order valence-corrected chi connectivity index (χ2v) is 7.65. The van der Waals surface area contributed by atoms with E-state index in [2.05, 4.69) is 5.32 Å². The fourth-order valence-corrected chi connectivity index (χ4v) is 3.40. The molecule has 3 rings (SSSR count). The van der Waals surface area contributed by atoms with Crippen LogP contribution in [0.4, 0.5) is 20.2 Å². The Morgan fingerprint density at radius 1 is 1.11 bits per heavy atom. The van der Waals surface area contributed by atoms with Crippen molar-refractivity contribution in [3.8, 4) is 11.5 Å². The molecule has 144 valence electrons. The van der Waals surface area contributed by atoms with E-state index in [1.807, 2.05) is 0 Å². The van der Waals surface area contributed by atoms with E-state index in [9.17, 15) is 22.0 Å². The van der Waals surface area contributed by atoms with Crippen LogP contribution in [0.15, 0.2) is 36.4 Å². The van der Waals surface area contributed by atoms with Crippen LogP contribution in [0.1, 0.15) is 0 Å². The van der Waals surface area contributed by atoms with Gasteiger partial charge in [0, 0.05) is 11.8 Å². The molecule has 0 aromatic heterocycles. The summed E-state index contributed by atoms with van der Waals surface area (Å²) >= 11 is 0. The van der Waals surface area contributed by atoms with Gasteiger partial charge in [0.05, 0.1) is 6.26 Å². The molecule has 1 N–H and O–H groups in total. The Morgan fingerprint density at radius 2 is 1.74 bits per heavy atom. The standard InChI is InChI=1S/C17H16F2N2O5S/c1-27(23,24)21(17-12(18)3-2-4-13(17)19)10-16(22)20-11-5-6-14-15(9-11)26-8-7-25-14/h2-6,9H,7-8,10H2,1H3,(H,20,22). The molecule has 0 aliphatic carbocycles. The van der Waals surface area contributed by atoms with Gasteiger partial charge in [-0.1, -0.05) is 6.07 Å². The molecule has 0 radical (unpaired) electrons. The Morgan fingerprint density at radius 3 is 2.37 bits per heavy atom. The highest BCUT2D eigenvalue weighted by atomic mass is 32.2. The zero-order valence-corrected chi connectivity index (χ0v) is 15.1. The van der Waals surface area contributed by atoms with Crippen LogP contribution in [0.2, 0.25) is 0 Å². The largest absolute Gasteiger partial charge is 0.486 e. The van der Waals surface area contributed by atoms with Crippen LogP contribution >= 0.6 is 0 Å². The minimum absolute atomic E-state index is 0.326. The van der Waals surface area contributed by atoms with Crippen molar-refractivity contribution < 1.29 is 31.5 Å². The number of para-hydroxylation sites is 1. The Kier molecular flexibility index (Phi) is 5.17. The van der Waals surface area contributed by atoms with E-state index < -0.39 is 39.8 Å². The van der Waals surface area contributed by atoms with Gasteiger partial charge in [0.25, 0.3) is 0 Å². The number of anilines is 2. The number of rotatable bonds is 5. The normalized spacial score (nSPS) is 13.1. The fraction of sp³-hybridized carbons (Fsp3) is 0.235. The van der Waals surface area contributed by atoms with Crippen molar-refractivity contribution in [1.29, 1.82) is 0 Å². The van der Waals surface area contributed by atoms with Crippen LogP contribution in [0.25, 0.3) is 0 Å². The highest BCUT2D eigenvalue weighted by Crippen LogP contribution is 2.32. The fourth-order valence-electron chi connectivity index (χ4n) is 2.54. The topological polar surface area (TPSA) is 84.9 Å². The van der Waals surface area contributed by atoms with Gasteiger partial charge in [0.1, 0.15) is 25.4 Å². The predicted molar refractivity (Wildman–Crippen MR) is 94.6 cm³/mol. The van der Waals surface area contributed by atoms with E-state index in [1.165, 1.54) is 6.07 Å². The quantitative estimate of drug-likeness (QED) is 0.834. The van der Waals surface area contributed by atoms with Crippen molar-refractivity contribution in [2.24, 2.45) is 0 Å². The maximum atomic E-state index is 14.0. The lowest BCUT2D eigenvalue weighted by molar-refractivity contribution is -0.114. The number of halogens is 2. The Labute approximate surface area is 154 Å². The maximum absolute atomic E-state index is 14.0. The van der Waals surface area contributed by atoms with Crippen molar-refractivity contribution >= 4 is 27.3 Å². The molecule has 1 aliphatic heterocycles. The first-order chi connectivity index (χ1) is 12.8. The van der Waals surface area contributed by atoms with E-state index in [0.29, 0.717) is 34.7 Å². The van der Waals surface area contributed by atoms with Crippen molar-refractivity contribution in [1.82, 2.24) is 0 Å². The maximum Gasteiger partial charge on any atom is 0.245 e. The first-order valence-electron chi connectivity index (χ1n) is 7.87. The average molecular weight is 398 g/mol. The number of sulfonamides is 1. The Bertz CT molecular complexity index is 961. The molecule has 27 heavy (non-hydrogen) atoms. The SMILES string of the molecule is CS(=O)(=O)N(CC(=O)Nc1ccc2c(c1)OCCO2)c1c(F)cccc1F. The summed E-state index contributed by atoms with van der Waals surface area (Å²) in [7, 11) is -4.12. The van der Waals surface area contributed by atoms with Crippen molar-refractivity contribution in [3.63, 3.8) is 0 Å². The molecule has 0 fully saturated rings. The van der Waals surface area contributed by atoms with Crippen LogP contribution in [0.3, 0.4) is 0 Å². The van der Waals surface area contributed by atoms with Gasteiger partial charge in [0.2, 0.25) is 15.9 Å². The number of nitrogens with one attached hydrogen (secondary N) is 1. The summed E-state index contributed by atoms with van der Waals surface area (Å²) in [4.78, 5) is 12.3. The van der Waals surface area contributed by atoms with E-state index in [4.69, 9.17) is 9.47 Å². The summed E-state index contributed by atoms with van der Waals surface area (Å²) in [6.07, 6.45) is 0.760. The van der Waals surface area contributed by atoms with Crippen LogP contribution in [0.5, 0.6) is 11.5 Å². The highest BCUT2D eigenvalue weighted by Gasteiger charge is 2.27. The average Bonchev–Trinajstić information content (AvgIpc) is 2.59. The number of hydrogen-bond donors (Lipinski definition) is 1. The lowest BCUT2D eigenvalue weighted by atomic mass is 10.2. The molecular formula is C17H16F2N2O5S. The molecule has 10 heteroatoms. The molecular weight excluding hydrogens is 382 g/mol. The zero-order valence-electron chi connectivity index (χ0n) is 14.2. The minimum Gasteiger partial charge on any atom is -0.486 e. The van der Waals surface area contributed by atoms with E-state index in [-0.39, 0.29) is 0 Å². The number of benzene rings is 2. The first kappa shape index (κ1) is 18.9. The smallest absolute Gasteiger partial charge is 0.245 e. The third kappa shape index (κ3) is 4.27. The second-order valence-electron chi connectivity index (χ2n) is 5.75. The molecule has 0 saturated heterocycles. The number of amides is 1. The van der Waals surface area contributed by atoms with Gasteiger partial charge < -0.3 is 14.8 Å². The van der Waals surface area contributed by atoms with Crippen molar-refractivity contribution in [2.75, 3.05) is 35.6 Å². The molecule has 0 spiro atoms. The number of nitrogens with zero attached hydrogens (tertiary/aromatic N) is 1. The molecule has 2 aromatic rings. The van der Waals surface area contributed by atoms with Gasteiger partial charge in [-0.25, -0.2) is 17.2 Å². The molecule has 0 atom stereocenters. The Hall–Kier alpha value is -2.88. The van der Waals surface area contributed by atoms with Gasteiger partial charge in [-0.15, -0.1) is 0 Å². The second kappa shape index (κ2) is 7.39.